The van der Waals surface area contributed by atoms with E-state index in [1.54, 1.807) is 0 Å². The summed E-state index contributed by atoms with van der Waals surface area (Å²) in [6.07, 6.45) is 3.23. The number of aryl methyl sites for hydroxylation is 1. The van der Waals surface area contributed by atoms with Crippen LogP contribution in [0, 0.1) is 0 Å². The molecule has 9 aromatic rings. The highest BCUT2D eigenvalue weighted by atomic mass is 32.1. The molecule has 7 aromatic heterocycles. The van der Waals surface area contributed by atoms with Crippen molar-refractivity contribution in [2.75, 3.05) is 11.5 Å². The van der Waals surface area contributed by atoms with E-state index in [2.05, 4.69) is 16.9 Å². The minimum atomic E-state index is -1.92. The van der Waals surface area contributed by atoms with Gasteiger partial charge in [-0.2, -0.15) is 0 Å². The molecule has 2 aromatic carbocycles. The SMILES string of the molecule is CCn1cnc(-c2ccccc2)c1-c1nc2c(N)nc(C(O)(c3cccs3)c3nc(-c4ccccc4)c(-c4nc5c(N)ncnc5s4)n3C)nc2s1. The van der Waals surface area contributed by atoms with Gasteiger partial charge in [0.05, 0.1) is 22.6 Å². The van der Waals surface area contributed by atoms with E-state index in [0.717, 1.165) is 22.5 Å². The van der Waals surface area contributed by atoms with Crippen molar-refractivity contribution in [1.82, 2.24) is 49.0 Å². The summed E-state index contributed by atoms with van der Waals surface area (Å²) in [5.41, 5.74) is 16.6. The lowest BCUT2D eigenvalue weighted by atomic mass is 9.99. The molecule has 0 amide bonds. The van der Waals surface area contributed by atoms with E-state index in [4.69, 9.17) is 41.4 Å². The molecule has 13 nitrogen and oxygen atoms in total. The zero-order valence-electron chi connectivity index (χ0n) is 27.7. The first-order chi connectivity index (χ1) is 25.3. The summed E-state index contributed by atoms with van der Waals surface area (Å²) in [4.78, 5) is 39.7. The molecule has 1 atom stereocenters. The number of imidazole rings is 2. The molecule has 0 bridgehead atoms. The van der Waals surface area contributed by atoms with Gasteiger partial charge in [-0.05, 0) is 18.4 Å². The van der Waals surface area contributed by atoms with E-state index in [0.29, 0.717) is 53.5 Å². The summed E-state index contributed by atoms with van der Waals surface area (Å²) in [6, 6.07) is 23.4. The number of thiazole rings is 2. The Labute approximate surface area is 308 Å². The third-order valence-corrected chi connectivity index (χ3v) is 11.7. The van der Waals surface area contributed by atoms with Gasteiger partial charge in [0.1, 0.15) is 48.4 Å². The van der Waals surface area contributed by atoms with E-state index in [1.165, 1.54) is 40.3 Å². The van der Waals surface area contributed by atoms with Crippen LogP contribution in [0.1, 0.15) is 23.4 Å². The molecular formula is C36H28N12OS3. The lowest BCUT2D eigenvalue weighted by Gasteiger charge is -2.25. The van der Waals surface area contributed by atoms with Gasteiger partial charge in [0.2, 0.25) is 5.60 Å². The molecule has 0 saturated heterocycles. The Hall–Kier alpha value is -5.94. The second-order valence-corrected chi connectivity index (χ2v) is 14.8. The third-order valence-electron chi connectivity index (χ3n) is 8.81. The zero-order chi connectivity index (χ0) is 35.6. The Morgan fingerprint density at radius 1 is 0.712 bits per heavy atom. The van der Waals surface area contributed by atoms with Crippen molar-refractivity contribution in [3.63, 3.8) is 0 Å². The Morgan fingerprint density at radius 2 is 1.38 bits per heavy atom. The lowest BCUT2D eigenvalue weighted by Crippen LogP contribution is -2.34. The monoisotopic (exact) mass is 740 g/mol. The van der Waals surface area contributed by atoms with Crippen LogP contribution in [0.2, 0.25) is 0 Å². The standard InChI is InChI=1S/C36H28N12OS3/c1-3-48-18-41-22(19-11-6-4-7-12-19)27(48)33-43-25-29(38)45-34(46-31(25)52-33)36(49,21-15-10-16-50-21)35-44-23(20-13-8-5-9-14-20)26(47(35)2)32-42-24-28(37)39-17-40-30(24)51-32/h4-18,49H,3H2,1-2H3,(H2,37,39,40)(H2,38,45,46). The molecule has 1 unspecified atom stereocenters. The minimum absolute atomic E-state index is 0.0705. The summed E-state index contributed by atoms with van der Waals surface area (Å²) >= 11 is 4.10. The van der Waals surface area contributed by atoms with Crippen molar-refractivity contribution < 1.29 is 5.11 Å². The Bertz CT molecular complexity index is 2740. The second-order valence-electron chi connectivity index (χ2n) is 11.9. The average molecular weight is 741 g/mol. The molecule has 0 fully saturated rings. The fourth-order valence-electron chi connectivity index (χ4n) is 6.30. The van der Waals surface area contributed by atoms with Crippen LogP contribution in [-0.2, 0) is 19.2 Å². The van der Waals surface area contributed by atoms with Gasteiger partial charge in [-0.25, -0.2) is 39.9 Å². The summed E-state index contributed by atoms with van der Waals surface area (Å²) in [5, 5.41) is 16.3. The molecule has 0 aliphatic carbocycles. The number of nitrogens with two attached hydrogens (primary N) is 2. The average Bonchev–Trinajstić information content (AvgIpc) is 4.01. The number of hydrogen-bond donors (Lipinski definition) is 3. The number of aromatic nitrogens is 10. The highest BCUT2D eigenvalue weighted by Gasteiger charge is 2.44. The van der Waals surface area contributed by atoms with Gasteiger partial charge in [-0.1, -0.05) is 89.4 Å². The quantitative estimate of drug-likeness (QED) is 0.152. The maximum absolute atomic E-state index is 13.1. The molecule has 0 aliphatic heterocycles. The molecule has 7 heterocycles. The zero-order valence-corrected chi connectivity index (χ0v) is 30.1. The van der Waals surface area contributed by atoms with Crippen molar-refractivity contribution >= 4 is 66.3 Å². The number of aliphatic hydroxyl groups is 1. The van der Waals surface area contributed by atoms with Gasteiger partial charge >= 0.3 is 0 Å². The maximum Gasteiger partial charge on any atom is 0.217 e. The molecule has 256 valence electrons. The molecule has 0 radical (unpaired) electrons. The van der Waals surface area contributed by atoms with E-state index in [1.807, 2.05) is 101 Å². The normalized spacial score (nSPS) is 12.9. The summed E-state index contributed by atoms with van der Waals surface area (Å²) in [5.74, 6) is 0.770. The topological polar surface area (TPSA) is 185 Å². The molecule has 9 rings (SSSR count). The number of fused-ring (bicyclic) bond motifs is 2. The highest BCUT2D eigenvalue weighted by Crippen LogP contribution is 2.45. The predicted molar refractivity (Wildman–Crippen MR) is 206 cm³/mol. The van der Waals surface area contributed by atoms with Crippen molar-refractivity contribution in [2.45, 2.75) is 19.1 Å². The van der Waals surface area contributed by atoms with E-state index in [9.17, 15) is 5.11 Å². The molecule has 5 N–H and O–H groups in total. The predicted octanol–water partition coefficient (Wildman–Crippen LogP) is 6.61. The Morgan fingerprint density at radius 3 is 2.06 bits per heavy atom. The number of anilines is 2. The summed E-state index contributed by atoms with van der Waals surface area (Å²) in [6.45, 7) is 2.75. The smallest absolute Gasteiger partial charge is 0.217 e. The molecular weight excluding hydrogens is 713 g/mol. The van der Waals surface area contributed by atoms with Crippen LogP contribution in [0.5, 0.6) is 0 Å². The van der Waals surface area contributed by atoms with Crippen LogP contribution in [0.15, 0.2) is 90.8 Å². The highest BCUT2D eigenvalue weighted by molar-refractivity contribution is 7.21. The first-order valence-electron chi connectivity index (χ1n) is 16.2. The number of nitrogen functional groups attached to an aromatic ring is 2. The number of hydrogen-bond acceptors (Lipinski definition) is 14. The fraction of sp³-hybridized carbons (Fsp3) is 0.111. The van der Waals surface area contributed by atoms with Gasteiger partial charge in [0.25, 0.3) is 0 Å². The number of benzene rings is 2. The fourth-order valence-corrected chi connectivity index (χ4v) is 9.12. The molecule has 52 heavy (non-hydrogen) atoms. The summed E-state index contributed by atoms with van der Waals surface area (Å²) in [7, 11) is 1.84. The van der Waals surface area contributed by atoms with Crippen LogP contribution in [0.25, 0.3) is 64.6 Å². The van der Waals surface area contributed by atoms with Crippen LogP contribution in [-0.4, -0.2) is 54.1 Å². The van der Waals surface area contributed by atoms with E-state index in [-0.39, 0.29) is 23.3 Å². The number of nitrogens with zero attached hydrogens (tertiary/aromatic N) is 10. The van der Waals surface area contributed by atoms with Gasteiger partial charge in [-0.3, -0.25) is 0 Å². The second kappa shape index (κ2) is 12.4. The minimum Gasteiger partial charge on any atom is -0.382 e. The van der Waals surface area contributed by atoms with Crippen molar-refractivity contribution in [1.29, 1.82) is 0 Å². The Kier molecular flexibility index (Phi) is 7.62. The molecule has 16 heteroatoms. The van der Waals surface area contributed by atoms with E-state index >= 15 is 0 Å². The van der Waals surface area contributed by atoms with Gasteiger partial charge < -0.3 is 25.7 Å². The van der Waals surface area contributed by atoms with Crippen LogP contribution in [0.3, 0.4) is 0 Å². The van der Waals surface area contributed by atoms with Crippen molar-refractivity contribution in [2.24, 2.45) is 7.05 Å². The number of rotatable bonds is 8. The summed E-state index contributed by atoms with van der Waals surface area (Å²) < 4.78 is 3.88. The molecule has 0 aliphatic rings. The largest absolute Gasteiger partial charge is 0.382 e. The van der Waals surface area contributed by atoms with Gasteiger partial charge in [-0.15, -0.1) is 11.3 Å². The molecule has 0 spiro atoms. The maximum atomic E-state index is 13.1. The number of thiophene rings is 1. The Balaban J connectivity index is 1.26. The van der Waals surface area contributed by atoms with Crippen LogP contribution in [0.4, 0.5) is 11.6 Å². The lowest BCUT2D eigenvalue weighted by molar-refractivity contribution is 0.107. The third kappa shape index (κ3) is 4.98. The van der Waals surface area contributed by atoms with Crippen molar-refractivity contribution in [3.05, 3.63) is 107 Å². The van der Waals surface area contributed by atoms with E-state index < -0.39 is 5.60 Å². The van der Waals surface area contributed by atoms with Crippen LogP contribution >= 0.6 is 34.0 Å². The van der Waals surface area contributed by atoms with Gasteiger partial charge in [0, 0.05) is 24.7 Å². The van der Waals surface area contributed by atoms with Gasteiger partial charge in [0.15, 0.2) is 23.3 Å². The van der Waals surface area contributed by atoms with Crippen molar-refractivity contribution in [3.8, 4) is 43.9 Å². The first-order valence-corrected chi connectivity index (χ1v) is 18.7. The first kappa shape index (κ1) is 32.0. The van der Waals surface area contributed by atoms with Crippen LogP contribution < -0.4 is 11.5 Å². The molecule has 0 saturated carbocycles.